The second-order valence-corrected chi connectivity index (χ2v) is 8.38. The van der Waals surface area contributed by atoms with Gasteiger partial charge in [-0.2, -0.15) is 8.78 Å². The molecule has 26 heavy (non-hydrogen) atoms. The quantitative estimate of drug-likeness (QED) is 0.732. The van der Waals surface area contributed by atoms with Gasteiger partial charge in [0.05, 0.1) is 4.90 Å². The molecule has 2 rings (SSSR count). The highest BCUT2D eigenvalue weighted by Gasteiger charge is 2.20. The van der Waals surface area contributed by atoms with E-state index in [1.165, 1.54) is 24.3 Å². The molecule has 4 nitrogen and oxygen atoms in total. The molecule has 7 heteroatoms. The number of hydrogen-bond acceptors (Lipinski definition) is 3. The molecule has 0 aromatic heterocycles. The number of sulfonamides is 1. The summed E-state index contributed by atoms with van der Waals surface area (Å²) < 4.78 is 55.8. The zero-order valence-corrected chi connectivity index (χ0v) is 15.8. The van der Waals surface area contributed by atoms with Crippen molar-refractivity contribution in [2.45, 2.75) is 50.7 Å². The van der Waals surface area contributed by atoms with Gasteiger partial charge < -0.3 is 4.74 Å². The Morgan fingerprint density at radius 2 is 1.62 bits per heavy atom. The van der Waals surface area contributed by atoms with Gasteiger partial charge in [0.1, 0.15) is 5.75 Å². The molecule has 0 amide bonds. The number of halogens is 2. The molecule has 1 N–H and O–H groups in total. The predicted octanol–water partition coefficient (Wildman–Crippen LogP) is 4.45. The molecule has 0 spiro atoms. The number of nitrogens with one attached hydrogen (secondary N) is 1. The number of ether oxygens (including phenoxy) is 1. The molecule has 0 aliphatic rings. The van der Waals surface area contributed by atoms with E-state index in [1.807, 2.05) is 12.1 Å². The third-order valence-corrected chi connectivity index (χ3v) is 5.86. The molecule has 0 saturated heterocycles. The Bertz CT molecular complexity index is 817. The highest BCUT2D eigenvalue weighted by atomic mass is 32.2. The van der Waals surface area contributed by atoms with Gasteiger partial charge in [-0.3, -0.25) is 0 Å². The van der Waals surface area contributed by atoms with E-state index in [1.54, 1.807) is 12.1 Å². The molecule has 2 aromatic carbocycles. The van der Waals surface area contributed by atoms with Gasteiger partial charge in [-0.25, -0.2) is 13.1 Å². The Labute approximate surface area is 153 Å². The average Bonchev–Trinajstić information content (AvgIpc) is 2.61. The van der Waals surface area contributed by atoms with Crippen LogP contribution in [0.1, 0.15) is 38.3 Å². The number of hydrogen-bond donors (Lipinski definition) is 1. The van der Waals surface area contributed by atoms with Gasteiger partial charge in [-0.1, -0.05) is 45.0 Å². The Morgan fingerprint density at radius 1 is 1.04 bits per heavy atom. The largest absolute Gasteiger partial charge is 0.435 e. The van der Waals surface area contributed by atoms with Crippen LogP contribution in [0, 0.1) is 0 Å². The van der Waals surface area contributed by atoms with Crippen molar-refractivity contribution >= 4 is 10.0 Å². The summed E-state index contributed by atoms with van der Waals surface area (Å²) in [6.45, 7) is 3.47. The van der Waals surface area contributed by atoms with E-state index in [9.17, 15) is 17.2 Å². The summed E-state index contributed by atoms with van der Waals surface area (Å²) in [4.78, 5) is 0.186. The summed E-state index contributed by atoms with van der Waals surface area (Å²) in [6.07, 6.45) is 0.947. The van der Waals surface area contributed by atoms with Crippen LogP contribution in [0.15, 0.2) is 53.4 Å². The van der Waals surface area contributed by atoms with Crippen molar-refractivity contribution in [1.82, 2.24) is 4.72 Å². The maximum absolute atomic E-state index is 12.4. The molecule has 0 unspecified atom stereocenters. The first-order valence-electron chi connectivity index (χ1n) is 8.28. The molecule has 0 saturated carbocycles. The summed E-state index contributed by atoms with van der Waals surface area (Å²) in [5.41, 5.74) is 1.70. The Balaban J connectivity index is 2.04. The van der Waals surface area contributed by atoms with E-state index < -0.39 is 16.6 Å². The highest BCUT2D eigenvalue weighted by molar-refractivity contribution is 7.89. The summed E-state index contributed by atoms with van der Waals surface area (Å²) in [7, 11) is -3.66. The fourth-order valence-corrected chi connectivity index (χ4v) is 3.36. The van der Waals surface area contributed by atoms with Crippen molar-refractivity contribution in [1.29, 1.82) is 0 Å². The van der Waals surface area contributed by atoms with E-state index >= 15 is 0 Å². The summed E-state index contributed by atoms with van der Waals surface area (Å²) in [5, 5.41) is 0. The van der Waals surface area contributed by atoms with Crippen LogP contribution in [-0.4, -0.2) is 15.0 Å². The molecular formula is C19H23F2NO3S. The van der Waals surface area contributed by atoms with Crippen molar-refractivity contribution in [2.75, 3.05) is 0 Å². The Kier molecular flexibility index (Phi) is 6.36. The monoisotopic (exact) mass is 383 g/mol. The first-order chi connectivity index (χ1) is 12.1. The molecule has 0 radical (unpaired) electrons. The van der Waals surface area contributed by atoms with Gasteiger partial charge in [0, 0.05) is 6.54 Å². The third-order valence-electron chi connectivity index (χ3n) is 4.44. The average molecular weight is 383 g/mol. The van der Waals surface area contributed by atoms with Gasteiger partial charge in [-0.05, 0) is 47.2 Å². The molecule has 0 fully saturated rings. The Hall–Kier alpha value is -1.99. The minimum Gasteiger partial charge on any atom is -0.435 e. The summed E-state index contributed by atoms with van der Waals surface area (Å²) in [5.74, 6) is 0.0285. The molecular weight excluding hydrogens is 360 g/mol. The van der Waals surface area contributed by atoms with Crippen molar-refractivity contribution < 1.29 is 21.9 Å². The van der Waals surface area contributed by atoms with Gasteiger partial charge >= 0.3 is 6.61 Å². The van der Waals surface area contributed by atoms with Crippen molar-refractivity contribution in [3.05, 3.63) is 59.7 Å². The van der Waals surface area contributed by atoms with Gasteiger partial charge in [0.15, 0.2) is 0 Å². The second-order valence-electron chi connectivity index (χ2n) is 6.61. The minimum atomic E-state index is -3.66. The third kappa shape index (κ3) is 5.25. The lowest BCUT2D eigenvalue weighted by Gasteiger charge is -2.23. The maximum atomic E-state index is 12.4. The maximum Gasteiger partial charge on any atom is 0.387 e. The minimum absolute atomic E-state index is 0.0161. The standard InChI is InChI=1S/C19H23F2NO3S/c1-4-19(2,3)15-7-11-17(12-8-15)26(23,24)22-13-14-5-9-16(10-6-14)25-18(20)21/h5-12,18,22H,4,13H2,1-3H3. The predicted molar refractivity (Wildman–Crippen MR) is 96.9 cm³/mol. The first kappa shape index (κ1) is 20.3. The van der Waals surface area contributed by atoms with Gasteiger partial charge in [0.25, 0.3) is 0 Å². The lowest BCUT2D eigenvalue weighted by molar-refractivity contribution is -0.0498. The van der Waals surface area contributed by atoms with E-state index in [0.717, 1.165) is 12.0 Å². The van der Waals surface area contributed by atoms with E-state index in [4.69, 9.17) is 0 Å². The first-order valence-corrected chi connectivity index (χ1v) is 9.76. The molecule has 0 heterocycles. The van der Waals surface area contributed by atoms with Crippen molar-refractivity contribution in [3.8, 4) is 5.75 Å². The lowest BCUT2D eigenvalue weighted by Crippen LogP contribution is -2.23. The number of rotatable bonds is 8. The number of benzene rings is 2. The zero-order chi connectivity index (χ0) is 19.4. The van der Waals surface area contributed by atoms with Crippen LogP contribution in [0.3, 0.4) is 0 Å². The van der Waals surface area contributed by atoms with Crippen molar-refractivity contribution in [3.63, 3.8) is 0 Å². The molecule has 0 bridgehead atoms. The van der Waals surface area contributed by atoms with Crippen molar-refractivity contribution in [2.24, 2.45) is 0 Å². The van der Waals surface area contributed by atoms with E-state index in [0.29, 0.717) is 5.56 Å². The van der Waals surface area contributed by atoms with E-state index in [-0.39, 0.29) is 22.6 Å². The Morgan fingerprint density at radius 3 is 2.12 bits per heavy atom. The SMILES string of the molecule is CCC(C)(C)c1ccc(S(=O)(=O)NCc2ccc(OC(F)F)cc2)cc1. The molecule has 2 aromatic rings. The fraction of sp³-hybridized carbons (Fsp3) is 0.368. The van der Waals surface area contributed by atoms with E-state index in [2.05, 4.69) is 30.2 Å². The number of alkyl halides is 2. The lowest BCUT2D eigenvalue weighted by atomic mass is 9.82. The van der Waals surface area contributed by atoms with Gasteiger partial charge in [0.2, 0.25) is 10.0 Å². The molecule has 0 atom stereocenters. The molecule has 142 valence electrons. The highest BCUT2D eigenvalue weighted by Crippen LogP contribution is 2.27. The van der Waals surface area contributed by atoms with Crippen LogP contribution in [0.2, 0.25) is 0 Å². The summed E-state index contributed by atoms with van der Waals surface area (Å²) >= 11 is 0. The van der Waals surface area contributed by atoms with Crippen LogP contribution in [0.25, 0.3) is 0 Å². The van der Waals surface area contributed by atoms with Gasteiger partial charge in [-0.15, -0.1) is 0 Å². The summed E-state index contributed by atoms with van der Waals surface area (Å²) in [6, 6.07) is 12.7. The van der Waals surface area contributed by atoms with Crippen LogP contribution in [0.4, 0.5) is 8.78 Å². The molecule has 0 aliphatic heterocycles. The van der Waals surface area contributed by atoms with Crippen LogP contribution >= 0.6 is 0 Å². The normalized spacial score (nSPS) is 12.4. The zero-order valence-electron chi connectivity index (χ0n) is 15.0. The topological polar surface area (TPSA) is 55.4 Å². The van der Waals surface area contributed by atoms with Crippen LogP contribution in [-0.2, 0) is 22.0 Å². The van der Waals surface area contributed by atoms with Crippen LogP contribution < -0.4 is 9.46 Å². The molecule has 0 aliphatic carbocycles. The smallest absolute Gasteiger partial charge is 0.387 e. The fourth-order valence-electron chi connectivity index (χ4n) is 2.34. The second kappa shape index (κ2) is 8.14. The van der Waals surface area contributed by atoms with Crippen LogP contribution in [0.5, 0.6) is 5.75 Å².